The second-order valence-electron chi connectivity index (χ2n) is 4.80. The van der Waals surface area contributed by atoms with Crippen LogP contribution in [-0.2, 0) is 9.53 Å². The molecule has 15 heavy (non-hydrogen) atoms. The van der Waals surface area contributed by atoms with Gasteiger partial charge < -0.3 is 9.84 Å². The van der Waals surface area contributed by atoms with Crippen LogP contribution in [0.15, 0.2) is 11.6 Å². The Hall–Kier alpha value is -0.830. The molecule has 0 bridgehead atoms. The number of aliphatic hydroxyl groups excluding tert-OH is 1. The minimum absolute atomic E-state index is 0.0204. The Labute approximate surface area is 91.1 Å². The fraction of sp³-hybridized carbons (Fsp3) is 0.750. The standard InChI is InChI=1S/C12H20O3/c1-5-10(13)15-7-9-11(14)8(2)6-12(9,3)4/h6,9,11,14H,5,7H2,1-4H3. The Balaban J connectivity index is 2.60. The second kappa shape index (κ2) is 4.35. The number of carbonyl (C=O) groups excluding carboxylic acids is 1. The Morgan fingerprint density at radius 3 is 2.60 bits per heavy atom. The van der Waals surface area contributed by atoms with E-state index in [9.17, 15) is 9.90 Å². The lowest BCUT2D eigenvalue weighted by Crippen LogP contribution is -2.32. The molecule has 0 aromatic heterocycles. The molecule has 3 heteroatoms. The molecule has 0 saturated carbocycles. The summed E-state index contributed by atoms with van der Waals surface area (Å²) >= 11 is 0. The molecule has 86 valence electrons. The van der Waals surface area contributed by atoms with Gasteiger partial charge in [0.05, 0.1) is 12.7 Å². The summed E-state index contributed by atoms with van der Waals surface area (Å²) in [5, 5.41) is 9.92. The van der Waals surface area contributed by atoms with E-state index in [-0.39, 0.29) is 17.3 Å². The van der Waals surface area contributed by atoms with Crippen LogP contribution in [0.3, 0.4) is 0 Å². The third-order valence-corrected chi connectivity index (χ3v) is 3.12. The highest BCUT2D eigenvalue weighted by molar-refractivity contribution is 5.68. The van der Waals surface area contributed by atoms with Crippen molar-refractivity contribution in [2.75, 3.05) is 6.61 Å². The highest BCUT2D eigenvalue weighted by atomic mass is 16.5. The number of hydrogen-bond acceptors (Lipinski definition) is 3. The molecule has 0 spiro atoms. The molecule has 1 N–H and O–H groups in total. The number of esters is 1. The average molecular weight is 212 g/mol. The first-order valence-electron chi connectivity index (χ1n) is 5.41. The van der Waals surface area contributed by atoms with Gasteiger partial charge in [0.15, 0.2) is 0 Å². The van der Waals surface area contributed by atoms with Crippen molar-refractivity contribution in [2.45, 2.75) is 40.2 Å². The van der Waals surface area contributed by atoms with E-state index in [1.165, 1.54) is 0 Å². The molecule has 2 atom stereocenters. The number of aliphatic hydroxyl groups is 1. The lowest BCUT2D eigenvalue weighted by Gasteiger charge is -2.28. The predicted octanol–water partition coefficient (Wildman–Crippen LogP) is 1.90. The van der Waals surface area contributed by atoms with Crippen LogP contribution in [0.2, 0.25) is 0 Å². The molecule has 0 radical (unpaired) electrons. The van der Waals surface area contributed by atoms with Crippen molar-refractivity contribution in [2.24, 2.45) is 11.3 Å². The summed E-state index contributed by atoms with van der Waals surface area (Å²) in [4.78, 5) is 11.0. The van der Waals surface area contributed by atoms with E-state index in [2.05, 4.69) is 19.9 Å². The van der Waals surface area contributed by atoms with Gasteiger partial charge in [0.2, 0.25) is 0 Å². The van der Waals surface area contributed by atoms with Crippen LogP contribution in [0, 0.1) is 11.3 Å². The fourth-order valence-corrected chi connectivity index (χ4v) is 2.09. The van der Waals surface area contributed by atoms with Crippen LogP contribution in [0.5, 0.6) is 0 Å². The maximum atomic E-state index is 11.0. The van der Waals surface area contributed by atoms with E-state index >= 15 is 0 Å². The van der Waals surface area contributed by atoms with Gasteiger partial charge in [-0.2, -0.15) is 0 Å². The maximum absolute atomic E-state index is 11.0. The molecule has 3 nitrogen and oxygen atoms in total. The number of ether oxygens (including phenoxy) is 1. The second-order valence-corrected chi connectivity index (χ2v) is 4.80. The number of allylic oxidation sites excluding steroid dienone is 1. The average Bonchev–Trinajstić information content (AvgIpc) is 2.34. The van der Waals surface area contributed by atoms with E-state index < -0.39 is 6.10 Å². The first-order chi connectivity index (χ1) is 6.88. The Morgan fingerprint density at radius 1 is 1.60 bits per heavy atom. The van der Waals surface area contributed by atoms with Gasteiger partial charge in [-0.3, -0.25) is 4.79 Å². The number of rotatable bonds is 3. The molecule has 0 amide bonds. The Bertz CT molecular complexity index is 279. The van der Waals surface area contributed by atoms with Crippen LogP contribution >= 0.6 is 0 Å². The zero-order valence-electron chi connectivity index (χ0n) is 9.91. The summed E-state index contributed by atoms with van der Waals surface area (Å²) in [5.74, 6) is -0.226. The van der Waals surface area contributed by atoms with Gasteiger partial charge in [0.1, 0.15) is 0 Å². The summed E-state index contributed by atoms with van der Waals surface area (Å²) in [6.45, 7) is 8.08. The van der Waals surface area contributed by atoms with E-state index in [0.29, 0.717) is 13.0 Å². The first-order valence-corrected chi connectivity index (χ1v) is 5.41. The highest BCUT2D eigenvalue weighted by Gasteiger charge is 2.40. The van der Waals surface area contributed by atoms with Crippen molar-refractivity contribution in [3.63, 3.8) is 0 Å². The molecular weight excluding hydrogens is 192 g/mol. The van der Waals surface area contributed by atoms with Gasteiger partial charge >= 0.3 is 5.97 Å². The predicted molar refractivity (Wildman–Crippen MR) is 58.3 cm³/mol. The zero-order valence-corrected chi connectivity index (χ0v) is 9.91. The summed E-state index contributed by atoms with van der Waals surface area (Å²) < 4.78 is 5.10. The van der Waals surface area contributed by atoms with E-state index in [1.54, 1.807) is 6.92 Å². The maximum Gasteiger partial charge on any atom is 0.305 e. The summed E-state index contributed by atoms with van der Waals surface area (Å²) in [6.07, 6.45) is 1.96. The molecule has 0 heterocycles. The zero-order chi connectivity index (χ0) is 11.6. The third-order valence-electron chi connectivity index (χ3n) is 3.12. The van der Waals surface area contributed by atoms with Gasteiger partial charge in [0, 0.05) is 12.3 Å². The van der Waals surface area contributed by atoms with Crippen molar-refractivity contribution < 1.29 is 14.6 Å². The molecule has 1 rings (SSSR count). The summed E-state index contributed by atoms with van der Waals surface area (Å²) in [7, 11) is 0. The largest absolute Gasteiger partial charge is 0.465 e. The van der Waals surface area contributed by atoms with Crippen LogP contribution < -0.4 is 0 Å². The van der Waals surface area contributed by atoms with Crippen LogP contribution in [0.1, 0.15) is 34.1 Å². The molecular formula is C12H20O3. The van der Waals surface area contributed by atoms with Crippen molar-refractivity contribution >= 4 is 5.97 Å². The number of carbonyl (C=O) groups is 1. The van der Waals surface area contributed by atoms with Gasteiger partial charge in [0.25, 0.3) is 0 Å². The third kappa shape index (κ3) is 2.59. The molecule has 0 saturated heterocycles. The lowest BCUT2D eigenvalue weighted by molar-refractivity contribution is -0.146. The minimum atomic E-state index is -0.482. The van der Waals surface area contributed by atoms with Crippen molar-refractivity contribution in [3.05, 3.63) is 11.6 Å². The monoisotopic (exact) mass is 212 g/mol. The molecule has 1 aliphatic carbocycles. The summed E-state index contributed by atoms with van der Waals surface area (Å²) in [5.41, 5.74) is 0.870. The Morgan fingerprint density at radius 2 is 2.20 bits per heavy atom. The van der Waals surface area contributed by atoms with E-state index in [0.717, 1.165) is 5.57 Å². The minimum Gasteiger partial charge on any atom is -0.465 e. The van der Waals surface area contributed by atoms with Crippen LogP contribution in [0.25, 0.3) is 0 Å². The lowest BCUT2D eigenvalue weighted by atomic mass is 9.81. The van der Waals surface area contributed by atoms with Gasteiger partial charge in [-0.15, -0.1) is 0 Å². The molecule has 2 unspecified atom stereocenters. The van der Waals surface area contributed by atoms with Crippen LogP contribution in [0.4, 0.5) is 0 Å². The normalized spacial score (nSPS) is 28.7. The smallest absolute Gasteiger partial charge is 0.305 e. The van der Waals surface area contributed by atoms with Crippen molar-refractivity contribution in [3.8, 4) is 0 Å². The SMILES string of the molecule is CCC(=O)OCC1C(O)C(C)=CC1(C)C. The molecule has 0 fully saturated rings. The molecule has 0 aromatic carbocycles. The van der Waals surface area contributed by atoms with Gasteiger partial charge in [-0.25, -0.2) is 0 Å². The first kappa shape index (κ1) is 12.2. The van der Waals surface area contributed by atoms with Gasteiger partial charge in [-0.1, -0.05) is 26.8 Å². The van der Waals surface area contributed by atoms with Crippen LogP contribution in [-0.4, -0.2) is 23.8 Å². The number of hydrogen-bond donors (Lipinski definition) is 1. The fourth-order valence-electron chi connectivity index (χ4n) is 2.09. The quantitative estimate of drug-likeness (QED) is 0.574. The summed E-state index contributed by atoms with van der Waals surface area (Å²) in [6, 6.07) is 0. The van der Waals surface area contributed by atoms with E-state index in [4.69, 9.17) is 4.74 Å². The molecule has 0 aliphatic heterocycles. The highest BCUT2D eigenvalue weighted by Crippen LogP contribution is 2.41. The topological polar surface area (TPSA) is 46.5 Å². The molecule has 1 aliphatic rings. The molecule has 0 aromatic rings. The van der Waals surface area contributed by atoms with E-state index in [1.807, 2.05) is 6.92 Å². The van der Waals surface area contributed by atoms with Crippen molar-refractivity contribution in [1.82, 2.24) is 0 Å². The van der Waals surface area contributed by atoms with Crippen molar-refractivity contribution in [1.29, 1.82) is 0 Å². The van der Waals surface area contributed by atoms with Gasteiger partial charge in [-0.05, 0) is 17.9 Å². The Kier molecular flexibility index (Phi) is 3.55.